The zero-order chi connectivity index (χ0) is 11.5. The van der Waals surface area contributed by atoms with E-state index in [-0.39, 0.29) is 0 Å². The van der Waals surface area contributed by atoms with Gasteiger partial charge in [-0.05, 0) is 31.1 Å². The van der Waals surface area contributed by atoms with Crippen LogP contribution in [0.25, 0.3) is 0 Å². The van der Waals surface area contributed by atoms with Gasteiger partial charge in [-0.2, -0.15) is 0 Å². The predicted molar refractivity (Wildman–Crippen MR) is 68.8 cm³/mol. The summed E-state index contributed by atoms with van der Waals surface area (Å²) in [5, 5.41) is 8.38. The van der Waals surface area contributed by atoms with E-state index in [1.165, 1.54) is 38.5 Å². The number of amidine groups is 1. The molecular weight excluding hydrogens is 196 g/mol. The van der Waals surface area contributed by atoms with E-state index in [4.69, 9.17) is 5.41 Å². The van der Waals surface area contributed by atoms with Crippen molar-refractivity contribution in [3.8, 4) is 0 Å². The number of hydrogen-bond acceptors (Lipinski definition) is 1. The van der Waals surface area contributed by atoms with Crippen LogP contribution in [0.5, 0.6) is 0 Å². The van der Waals surface area contributed by atoms with Crippen molar-refractivity contribution in [2.45, 2.75) is 52.4 Å². The maximum Gasteiger partial charge on any atom is 0.0989 e. The summed E-state index contributed by atoms with van der Waals surface area (Å²) in [4.78, 5) is 2.37. The minimum atomic E-state index is 0.575. The van der Waals surface area contributed by atoms with Crippen molar-refractivity contribution >= 4 is 5.84 Å². The first kappa shape index (κ1) is 11.9. The number of rotatable bonds is 1. The van der Waals surface area contributed by atoms with Gasteiger partial charge in [0, 0.05) is 19.0 Å². The molecule has 1 saturated carbocycles. The van der Waals surface area contributed by atoms with Crippen molar-refractivity contribution in [1.82, 2.24) is 4.90 Å². The van der Waals surface area contributed by atoms with Crippen molar-refractivity contribution in [2.24, 2.45) is 17.8 Å². The molecule has 0 aromatic heterocycles. The summed E-state index contributed by atoms with van der Waals surface area (Å²) in [5.74, 6) is 3.07. The second kappa shape index (κ2) is 5.20. The molecule has 0 bridgehead atoms. The van der Waals surface area contributed by atoms with Crippen LogP contribution in [-0.2, 0) is 0 Å². The lowest BCUT2D eigenvalue weighted by molar-refractivity contribution is 0.201. The Morgan fingerprint density at radius 3 is 2.12 bits per heavy atom. The van der Waals surface area contributed by atoms with E-state index in [9.17, 15) is 0 Å². The van der Waals surface area contributed by atoms with E-state index in [0.717, 1.165) is 30.8 Å². The quantitative estimate of drug-likeness (QED) is 0.533. The number of nitrogens with zero attached hydrogens (tertiary/aromatic N) is 1. The summed E-state index contributed by atoms with van der Waals surface area (Å²) >= 11 is 0. The molecule has 2 unspecified atom stereocenters. The Bertz CT molecular complexity index is 233. The number of hydrogen-bond donors (Lipinski definition) is 1. The largest absolute Gasteiger partial charge is 0.360 e. The van der Waals surface area contributed by atoms with Gasteiger partial charge >= 0.3 is 0 Å². The minimum absolute atomic E-state index is 0.575. The molecule has 0 aromatic rings. The standard InChI is InChI=1S/C14H26N2/c1-11-8-12(2)10-16(9-11)14(15)13-6-4-3-5-7-13/h11-13,15H,3-10H2,1-2H3. The minimum Gasteiger partial charge on any atom is -0.360 e. The highest BCUT2D eigenvalue weighted by Gasteiger charge is 2.28. The highest BCUT2D eigenvalue weighted by Crippen LogP contribution is 2.28. The van der Waals surface area contributed by atoms with Crippen LogP contribution >= 0.6 is 0 Å². The van der Waals surface area contributed by atoms with Gasteiger partial charge in [-0.25, -0.2) is 0 Å². The normalized spacial score (nSPS) is 32.8. The summed E-state index contributed by atoms with van der Waals surface area (Å²) in [6.07, 6.45) is 7.93. The average molecular weight is 222 g/mol. The Morgan fingerprint density at radius 2 is 1.56 bits per heavy atom. The number of piperidine rings is 1. The lowest BCUT2D eigenvalue weighted by Gasteiger charge is -2.39. The molecule has 2 fully saturated rings. The lowest BCUT2D eigenvalue weighted by atomic mass is 9.85. The van der Waals surface area contributed by atoms with Crippen LogP contribution in [0.1, 0.15) is 52.4 Å². The maximum atomic E-state index is 8.38. The van der Waals surface area contributed by atoms with Crippen LogP contribution in [0.2, 0.25) is 0 Å². The highest BCUT2D eigenvalue weighted by molar-refractivity contribution is 5.81. The van der Waals surface area contributed by atoms with Gasteiger partial charge in [0.15, 0.2) is 0 Å². The number of likely N-dealkylation sites (tertiary alicyclic amines) is 1. The van der Waals surface area contributed by atoms with E-state index >= 15 is 0 Å². The molecule has 1 saturated heterocycles. The smallest absolute Gasteiger partial charge is 0.0989 e. The summed E-state index contributed by atoms with van der Waals surface area (Å²) < 4.78 is 0. The molecule has 2 aliphatic rings. The van der Waals surface area contributed by atoms with Crippen LogP contribution < -0.4 is 0 Å². The van der Waals surface area contributed by atoms with Gasteiger partial charge in [0.1, 0.15) is 0 Å². The Labute approximate surface area is 99.9 Å². The SMILES string of the molecule is CC1CC(C)CN(C(=N)C2CCCCC2)C1. The van der Waals surface area contributed by atoms with E-state index in [1.54, 1.807) is 0 Å². The highest BCUT2D eigenvalue weighted by atomic mass is 15.2. The molecule has 16 heavy (non-hydrogen) atoms. The van der Waals surface area contributed by atoms with E-state index in [1.807, 2.05) is 0 Å². The van der Waals surface area contributed by atoms with Crippen molar-refractivity contribution in [1.29, 1.82) is 5.41 Å². The molecule has 2 nitrogen and oxygen atoms in total. The van der Waals surface area contributed by atoms with Crippen molar-refractivity contribution in [3.05, 3.63) is 0 Å². The summed E-state index contributed by atoms with van der Waals surface area (Å²) in [6, 6.07) is 0. The molecule has 92 valence electrons. The maximum absolute atomic E-state index is 8.38. The van der Waals surface area contributed by atoms with E-state index in [0.29, 0.717) is 5.92 Å². The first-order chi connectivity index (χ1) is 7.66. The molecule has 0 amide bonds. The van der Waals surface area contributed by atoms with Crippen LogP contribution in [-0.4, -0.2) is 23.8 Å². The molecule has 0 aromatic carbocycles. The lowest BCUT2D eigenvalue weighted by Crippen LogP contribution is -2.45. The van der Waals surface area contributed by atoms with Gasteiger partial charge in [-0.3, -0.25) is 5.41 Å². The first-order valence-corrected chi connectivity index (χ1v) is 7.00. The average Bonchev–Trinajstić information content (AvgIpc) is 2.28. The Balaban J connectivity index is 1.92. The summed E-state index contributed by atoms with van der Waals surface area (Å²) in [5.41, 5.74) is 0. The van der Waals surface area contributed by atoms with Gasteiger partial charge < -0.3 is 4.90 Å². The molecule has 0 spiro atoms. The molecular formula is C14H26N2. The second-order valence-electron chi connectivity index (χ2n) is 6.07. The van der Waals surface area contributed by atoms with Crippen LogP contribution in [0.15, 0.2) is 0 Å². The fourth-order valence-electron chi connectivity index (χ4n) is 3.49. The molecule has 1 heterocycles. The zero-order valence-electron chi connectivity index (χ0n) is 10.8. The van der Waals surface area contributed by atoms with Gasteiger partial charge in [-0.1, -0.05) is 33.1 Å². The van der Waals surface area contributed by atoms with Crippen molar-refractivity contribution < 1.29 is 0 Å². The fourth-order valence-corrected chi connectivity index (χ4v) is 3.49. The van der Waals surface area contributed by atoms with Gasteiger partial charge in [0.05, 0.1) is 5.84 Å². The van der Waals surface area contributed by atoms with Gasteiger partial charge in [0.25, 0.3) is 0 Å². The third kappa shape index (κ3) is 2.78. The molecule has 0 radical (unpaired) electrons. The zero-order valence-corrected chi connectivity index (χ0v) is 10.8. The Kier molecular flexibility index (Phi) is 3.88. The molecule has 2 atom stereocenters. The third-order valence-electron chi connectivity index (χ3n) is 4.20. The van der Waals surface area contributed by atoms with Crippen LogP contribution in [0, 0.1) is 23.2 Å². The van der Waals surface area contributed by atoms with Gasteiger partial charge in [0.2, 0.25) is 0 Å². The van der Waals surface area contributed by atoms with E-state index < -0.39 is 0 Å². The summed E-state index contributed by atoms with van der Waals surface area (Å²) in [6.45, 7) is 6.91. The number of nitrogens with one attached hydrogen (secondary N) is 1. The molecule has 1 aliphatic carbocycles. The molecule has 1 aliphatic heterocycles. The topological polar surface area (TPSA) is 27.1 Å². The Hall–Kier alpha value is -0.530. The fraction of sp³-hybridized carbons (Fsp3) is 0.929. The molecule has 2 rings (SSSR count). The Morgan fingerprint density at radius 1 is 1.00 bits per heavy atom. The predicted octanol–water partition coefficient (Wildman–Crippen LogP) is 3.52. The van der Waals surface area contributed by atoms with Crippen molar-refractivity contribution in [3.63, 3.8) is 0 Å². The first-order valence-electron chi connectivity index (χ1n) is 7.00. The van der Waals surface area contributed by atoms with E-state index in [2.05, 4.69) is 18.7 Å². The third-order valence-corrected chi connectivity index (χ3v) is 4.20. The molecule has 2 heteroatoms. The van der Waals surface area contributed by atoms with Crippen molar-refractivity contribution in [2.75, 3.05) is 13.1 Å². The second-order valence-corrected chi connectivity index (χ2v) is 6.07. The molecule has 1 N–H and O–H groups in total. The monoisotopic (exact) mass is 222 g/mol. The summed E-state index contributed by atoms with van der Waals surface area (Å²) in [7, 11) is 0. The van der Waals surface area contributed by atoms with Gasteiger partial charge in [-0.15, -0.1) is 0 Å². The van der Waals surface area contributed by atoms with Crippen LogP contribution in [0.4, 0.5) is 0 Å². The van der Waals surface area contributed by atoms with Crippen LogP contribution in [0.3, 0.4) is 0 Å².